The average Bonchev–Trinajstić information content (AvgIpc) is 2.26. The van der Waals surface area contributed by atoms with Gasteiger partial charge in [0.05, 0.1) is 6.07 Å². The van der Waals surface area contributed by atoms with Crippen LogP contribution in [0.3, 0.4) is 0 Å². The Morgan fingerprint density at radius 1 is 1.24 bits per heavy atom. The number of alkyl halides is 2. The maximum atomic E-state index is 11.9. The van der Waals surface area contributed by atoms with Crippen molar-refractivity contribution in [3.63, 3.8) is 0 Å². The fraction of sp³-hybridized carbons (Fsp3) is 0.417. The normalized spacial score (nSPS) is 12.3. The van der Waals surface area contributed by atoms with Gasteiger partial charge >= 0.3 is 6.61 Å². The first-order valence-corrected chi connectivity index (χ1v) is 5.24. The molecule has 0 radical (unpaired) electrons. The smallest absolute Gasteiger partial charge is 0.387 e. The Balaban J connectivity index is 2.65. The molecule has 0 aliphatic carbocycles. The number of nitrogens with zero attached hydrogens (tertiary/aromatic N) is 1. The first-order chi connectivity index (χ1) is 8.02. The summed E-state index contributed by atoms with van der Waals surface area (Å²) >= 11 is 0. The Bertz CT molecular complexity index is 384. The van der Waals surface area contributed by atoms with Gasteiger partial charge in [0.15, 0.2) is 0 Å². The van der Waals surface area contributed by atoms with E-state index < -0.39 is 6.61 Å². The highest BCUT2D eigenvalue weighted by molar-refractivity contribution is 5.48. The van der Waals surface area contributed by atoms with Gasteiger partial charge in [-0.15, -0.1) is 0 Å². The van der Waals surface area contributed by atoms with E-state index in [0.717, 1.165) is 0 Å². The van der Waals surface area contributed by atoms with E-state index in [-0.39, 0.29) is 17.7 Å². The summed E-state index contributed by atoms with van der Waals surface area (Å²) in [4.78, 5) is 0. The number of benzene rings is 1. The van der Waals surface area contributed by atoms with Crippen molar-refractivity contribution in [1.82, 2.24) is 0 Å². The Hall–Kier alpha value is -1.83. The molecular formula is C12H14F2N2O. The Labute approximate surface area is 99.0 Å². The SMILES string of the molecule is CC(C)C(C#N)Nc1ccc(OC(F)F)cc1. The number of hydrogen-bond acceptors (Lipinski definition) is 3. The number of rotatable bonds is 5. The molecule has 1 atom stereocenters. The van der Waals surface area contributed by atoms with Crippen molar-refractivity contribution in [2.24, 2.45) is 5.92 Å². The molecule has 0 heterocycles. The first kappa shape index (κ1) is 13.2. The summed E-state index contributed by atoms with van der Waals surface area (Å²) in [7, 11) is 0. The molecule has 1 aromatic rings. The summed E-state index contributed by atoms with van der Waals surface area (Å²) in [6.07, 6.45) is 0. The molecule has 1 rings (SSSR count). The number of halogens is 2. The Kier molecular flexibility index (Phi) is 4.70. The molecule has 0 aliphatic heterocycles. The van der Waals surface area contributed by atoms with Crippen LogP contribution in [0.25, 0.3) is 0 Å². The molecule has 1 aromatic carbocycles. The lowest BCUT2D eigenvalue weighted by Gasteiger charge is -2.16. The van der Waals surface area contributed by atoms with Crippen molar-refractivity contribution in [2.75, 3.05) is 5.32 Å². The predicted molar refractivity (Wildman–Crippen MR) is 60.9 cm³/mol. The highest BCUT2D eigenvalue weighted by atomic mass is 19.3. The van der Waals surface area contributed by atoms with Crippen LogP contribution in [0.1, 0.15) is 13.8 Å². The molecule has 17 heavy (non-hydrogen) atoms. The minimum Gasteiger partial charge on any atom is -0.435 e. The number of hydrogen-bond donors (Lipinski definition) is 1. The van der Waals surface area contributed by atoms with Crippen molar-refractivity contribution >= 4 is 5.69 Å². The summed E-state index contributed by atoms with van der Waals surface area (Å²) in [6.45, 7) is 1.03. The fourth-order valence-corrected chi connectivity index (χ4v) is 1.26. The van der Waals surface area contributed by atoms with E-state index in [1.807, 2.05) is 13.8 Å². The number of anilines is 1. The third kappa shape index (κ3) is 4.27. The van der Waals surface area contributed by atoms with Crippen molar-refractivity contribution in [2.45, 2.75) is 26.5 Å². The van der Waals surface area contributed by atoms with E-state index in [4.69, 9.17) is 5.26 Å². The van der Waals surface area contributed by atoms with E-state index in [2.05, 4.69) is 16.1 Å². The van der Waals surface area contributed by atoms with Gasteiger partial charge in [-0.05, 0) is 30.2 Å². The second-order valence-electron chi connectivity index (χ2n) is 3.90. The van der Waals surface area contributed by atoms with Crippen molar-refractivity contribution in [1.29, 1.82) is 5.26 Å². The van der Waals surface area contributed by atoms with Gasteiger partial charge in [-0.3, -0.25) is 0 Å². The minimum atomic E-state index is -2.82. The summed E-state index contributed by atoms with van der Waals surface area (Å²) in [6, 6.07) is 7.90. The zero-order valence-electron chi connectivity index (χ0n) is 9.65. The Morgan fingerprint density at radius 2 is 1.82 bits per heavy atom. The molecule has 3 nitrogen and oxygen atoms in total. The molecule has 0 aromatic heterocycles. The summed E-state index contributed by atoms with van der Waals surface area (Å²) in [5.41, 5.74) is 0.701. The molecule has 0 fully saturated rings. The molecule has 0 amide bonds. The first-order valence-electron chi connectivity index (χ1n) is 5.24. The standard InChI is InChI=1S/C12H14F2N2O/c1-8(2)11(7-15)16-9-3-5-10(6-4-9)17-12(13)14/h3-6,8,11-12,16H,1-2H3. The molecule has 0 saturated heterocycles. The molecule has 5 heteroatoms. The third-order valence-electron chi connectivity index (χ3n) is 2.21. The van der Waals surface area contributed by atoms with E-state index in [9.17, 15) is 8.78 Å². The van der Waals surface area contributed by atoms with Crippen LogP contribution in [0.2, 0.25) is 0 Å². The van der Waals surface area contributed by atoms with Gasteiger partial charge < -0.3 is 10.1 Å². The zero-order chi connectivity index (χ0) is 12.8. The maximum absolute atomic E-state index is 11.9. The maximum Gasteiger partial charge on any atom is 0.387 e. The number of ether oxygens (including phenoxy) is 1. The summed E-state index contributed by atoms with van der Waals surface area (Å²) < 4.78 is 28.0. The predicted octanol–water partition coefficient (Wildman–Crippen LogP) is 3.25. The topological polar surface area (TPSA) is 45.0 Å². The number of nitrogens with one attached hydrogen (secondary N) is 1. The lowest BCUT2D eigenvalue weighted by Crippen LogP contribution is -2.23. The number of nitriles is 1. The molecule has 1 unspecified atom stereocenters. The lowest BCUT2D eigenvalue weighted by molar-refractivity contribution is -0.0498. The van der Waals surface area contributed by atoms with Crippen LogP contribution in [0.15, 0.2) is 24.3 Å². The monoisotopic (exact) mass is 240 g/mol. The van der Waals surface area contributed by atoms with Gasteiger partial charge in [0, 0.05) is 5.69 Å². The van der Waals surface area contributed by atoms with Crippen molar-refractivity contribution in [3.8, 4) is 11.8 Å². The van der Waals surface area contributed by atoms with E-state index in [0.29, 0.717) is 5.69 Å². The average molecular weight is 240 g/mol. The van der Waals surface area contributed by atoms with Gasteiger partial charge in [-0.1, -0.05) is 13.8 Å². The third-order valence-corrected chi connectivity index (χ3v) is 2.21. The molecule has 0 spiro atoms. The Morgan fingerprint density at radius 3 is 2.24 bits per heavy atom. The van der Waals surface area contributed by atoms with Crippen LogP contribution in [0.5, 0.6) is 5.75 Å². The fourth-order valence-electron chi connectivity index (χ4n) is 1.26. The molecular weight excluding hydrogens is 226 g/mol. The summed E-state index contributed by atoms with van der Waals surface area (Å²) in [5.74, 6) is 0.264. The summed E-state index contributed by atoms with van der Waals surface area (Å²) in [5, 5.41) is 11.9. The highest BCUT2D eigenvalue weighted by Gasteiger charge is 2.11. The van der Waals surface area contributed by atoms with Crippen LogP contribution in [-0.4, -0.2) is 12.7 Å². The van der Waals surface area contributed by atoms with Crippen LogP contribution >= 0.6 is 0 Å². The van der Waals surface area contributed by atoms with Crippen LogP contribution in [0, 0.1) is 17.2 Å². The van der Waals surface area contributed by atoms with E-state index >= 15 is 0 Å². The van der Waals surface area contributed by atoms with Gasteiger partial charge in [-0.25, -0.2) is 0 Å². The second kappa shape index (κ2) is 6.04. The van der Waals surface area contributed by atoms with Crippen molar-refractivity contribution < 1.29 is 13.5 Å². The quantitative estimate of drug-likeness (QED) is 0.859. The van der Waals surface area contributed by atoms with Gasteiger partial charge in [0.25, 0.3) is 0 Å². The zero-order valence-corrected chi connectivity index (χ0v) is 9.65. The molecule has 0 bridgehead atoms. The van der Waals surface area contributed by atoms with Crippen LogP contribution in [0.4, 0.5) is 14.5 Å². The van der Waals surface area contributed by atoms with E-state index in [1.165, 1.54) is 12.1 Å². The largest absolute Gasteiger partial charge is 0.435 e. The van der Waals surface area contributed by atoms with Gasteiger partial charge in [0.1, 0.15) is 11.8 Å². The minimum absolute atomic E-state index is 0.101. The van der Waals surface area contributed by atoms with Crippen molar-refractivity contribution in [3.05, 3.63) is 24.3 Å². The second-order valence-corrected chi connectivity index (χ2v) is 3.90. The molecule has 0 saturated carbocycles. The molecule has 92 valence electrons. The van der Waals surface area contributed by atoms with Gasteiger partial charge in [0.2, 0.25) is 0 Å². The highest BCUT2D eigenvalue weighted by Crippen LogP contribution is 2.19. The molecule has 1 N–H and O–H groups in total. The van der Waals surface area contributed by atoms with Gasteiger partial charge in [-0.2, -0.15) is 14.0 Å². The van der Waals surface area contributed by atoms with Crippen LogP contribution in [-0.2, 0) is 0 Å². The molecule has 0 aliphatic rings. The van der Waals surface area contributed by atoms with Crippen LogP contribution < -0.4 is 10.1 Å². The lowest BCUT2D eigenvalue weighted by atomic mass is 10.1. The van der Waals surface area contributed by atoms with E-state index in [1.54, 1.807) is 12.1 Å².